The number of furan rings is 1. The summed E-state index contributed by atoms with van der Waals surface area (Å²) in [6.07, 6.45) is 0. The summed E-state index contributed by atoms with van der Waals surface area (Å²) in [6.45, 7) is -0.400. The lowest BCUT2D eigenvalue weighted by Crippen LogP contribution is -2.29. The Labute approximate surface area is 113 Å². The highest BCUT2D eigenvalue weighted by Gasteiger charge is 2.11. The fourth-order valence-corrected chi connectivity index (χ4v) is 2.13. The lowest BCUT2D eigenvalue weighted by molar-refractivity contribution is -0.135. The Morgan fingerprint density at radius 1 is 1.05 bits per heavy atom. The molecule has 0 unspecified atom stereocenters. The second-order valence-electron chi connectivity index (χ2n) is 4.39. The minimum atomic E-state index is -1.08. The van der Waals surface area contributed by atoms with Gasteiger partial charge in [0.05, 0.1) is 0 Å². The van der Waals surface area contributed by atoms with Crippen molar-refractivity contribution in [3.05, 3.63) is 48.0 Å². The number of para-hydroxylation sites is 1. The van der Waals surface area contributed by atoms with E-state index in [1.807, 2.05) is 24.3 Å². The van der Waals surface area contributed by atoms with E-state index in [0.29, 0.717) is 11.1 Å². The molecule has 3 rings (SSSR count). The van der Waals surface area contributed by atoms with Crippen LogP contribution in [0.2, 0.25) is 0 Å². The summed E-state index contributed by atoms with van der Waals surface area (Å²) in [5.74, 6) is -1.49. The van der Waals surface area contributed by atoms with E-state index >= 15 is 0 Å². The van der Waals surface area contributed by atoms with E-state index in [9.17, 15) is 9.59 Å². The normalized spacial score (nSPS) is 10.8. The number of amides is 1. The van der Waals surface area contributed by atoms with Gasteiger partial charge in [0.15, 0.2) is 0 Å². The molecule has 2 aromatic carbocycles. The highest BCUT2D eigenvalue weighted by Crippen LogP contribution is 2.28. The lowest BCUT2D eigenvalue weighted by Gasteiger charge is -2.02. The summed E-state index contributed by atoms with van der Waals surface area (Å²) >= 11 is 0. The van der Waals surface area contributed by atoms with Crippen LogP contribution in [0.3, 0.4) is 0 Å². The van der Waals surface area contributed by atoms with Gasteiger partial charge in [-0.15, -0.1) is 0 Å². The molecule has 3 aromatic rings. The van der Waals surface area contributed by atoms with E-state index in [0.717, 1.165) is 16.4 Å². The Kier molecular flexibility index (Phi) is 2.87. The number of fused-ring (bicyclic) bond motifs is 3. The number of hydrogen-bond acceptors (Lipinski definition) is 3. The van der Waals surface area contributed by atoms with Crippen LogP contribution in [0.25, 0.3) is 21.9 Å². The highest BCUT2D eigenvalue weighted by atomic mass is 16.4. The molecule has 1 aromatic heterocycles. The second kappa shape index (κ2) is 4.70. The van der Waals surface area contributed by atoms with Crippen molar-refractivity contribution >= 4 is 33.8 Å². The fraction of sp³-hybridized carbons (Fsp3) is 0.0667. The van der Waals surface area contributed by atoms with Gasteiger partial charge in [-0.3, -0.25) is 9.59 Å². The molecule has 0 saturated heterocycles. The van der Waals surface area contributed by atoms with Crippen LogP contribution in [0.4, 0.5) is 0 Å². The Morgan fingerprint density at radius 3 is 2.60 bits per heavy atom. The number of aliphatic carboxylic acids is 1. The molecule has 0 fully saturated rings. The summed E-state index contributed by atoms with van der Waals surface area (Å²) in [6, 6.07) is 12.6. The zero-order valence-electron chi connectivity index (χ0n) is 10.4. The van der Waals surface area contributed by atoms with Crippen molar-refractivity contribution in [2.75, 3.05) is 6.54 Å². The number of hydrogen-bond donors (Lipinski definition) is 2. The Hall–Kier alpha value is -2.82. The van der Waals surface area contributed by atoms with E-state index in [1.165, 1.54) is 0 Å². The molecule has 0 spiro atoms. The van der Waals surface area contributed by atoms with Crippen molar-refractivity contribution in [3.63, 3.8) is 0 Å². The number of carboxylic acids is 1. The van der Waals surface area contributed by atoms with Crippen molar-refractivity contribution in [3.8, 4) is 0 Å². The van der Waals surface area contributed by atoms with Gasteiger partial charge in [0.25, 0.3) is 5.91 Å². The zero-order chi connectivity index (χ0) is 14.1. The van der Waals surface area contributed by atoms with Crippen LogP contribution in [0.15, 0.2) is 46.9 Å². The molecule has 20 heavy (non-hydrogen) atoms. The maximum Gasteiger partial charge on any atom is 0.322 e. The monoisotopic (exact) mass is 269 g/mol. The lowest BCUT2D eigenvalue weighted by atomic mass is 10.1. The fourth-order valence-electron chi connectivity index (χ4n) is 2.13. The molecule has 0 aliphatic carbocycles. The van der Waals surface area contributed by atoms with E-state index in [1.54, 1.807) is 18.2 Å². The molecule has 1 amide bonds. The third-order valence-corrected chi connectivity index (χ3v) is 3.04. The van der Waals surface area contributed by atoms with Crippen molar-refractivity contribution < 1.29 is 19.1 Å². The van der Waals surface area contributed by atoms with Gasteiger partial charge in [0.2, 0.25) is 0 Å². The topological polar surface area (TPSA) is 79.5 Å². The summed E-state index contributed by atoms with van der Waals surface area (Å²) in [4.78, 5) is 22.3. The van der Waals surface area contributed by atoms with Crippen LogP contribution in [-0.2, 0) is 4.79 Å². The molecular weight excluding hydrogens is 258 g/mol. The Balaban J connectivity index is 2.03. The first-order chi connectivity index (χ1) is 9.65. The van der Waals surface area contributed by atoms with Crippen LogP contribution >= 0.6 is 0 Å². The van der Waals surface area contributed by atoms with Crippen molar-refractivity contribution in [2.24, 2.45) is 0 Å². The minimum Gasteiger partial charge on any atom is -0.480 e. The van der Waals surface area contributed by atoms with Gasteiger partial charge in [0.1, 0.15) is 17.7 Å². The highest BCUT2D eigenvalue weighted by molar-refractivity contribution is 6.08. The summed E-state index contributed by atoms with van der Waals surface area (Å²) in [5, 5.41) is 12.7. The first kappa shape index (κ1) is 12.2. The number of carboxylic acid groups (broad SMARTS) is 1. The van der Waals surface area contributed by atoms with Crippen LogP contribution in [0.5, 0.6) is 0 Å². The third kappa shape index (κ3) is 2.09. The summed E-state index contributed by atoms with van der Waals surface area (Å²) < 4.78 is 5.66. The molecule has 0 atom stereocenters. The van der Waals surface area contributed by atoms with Crippen LogP contribution in [-0.4, -0.2) is 23.5 Å². The maximum atomic E-state index is 11.8. The van der Waals surface area contributed by atoms with Crippen LogP contribution < -0.4 is 5.32 Å². The molecule has 2 N–H and O–H groups in total. The van der Waals surface area contributed by atoms with Crippen molar-refractivity contribution in [1.29, 1.82) is 0 Å². The molecule has 0 aliphatic rings. The minimum absolute atomic E-state index is 0.400. The number of benzene rings is 2. The van der Waals surface area contributed by atoms with E-state index in [-0.39, 0.29) is 0 Å². The van der Waals surface area contributed by atoms with Crippen molar-refractivity contribution in [1.82, 2.24) is 5.32 Å². The summed E-state index contributed by atoms with van der Waals surface area (Å²) in [7, 11) is 0. The molecule has 0 saturated carbocycles. The number of nitrogens with one attached hydrogen (secondary N) is 1. The molecule has 5 nitrogen and oxygen atoms in total. The first-order valence-corrected chi connectivity index (χ1v) is 6.06. The summed E-state index contributed by atoms with van der Waals surface area (Å²) in [5.41, 5.74) is 1.86. The smallest absolute Gasteiger partial charge is 0.322 e. The number of carbonyl (C=O) groups excluding carboxylic acids is 1. The maximum absolute atomic E-state index is 11.8. The van der Waals surface area contributed by atoms with Gasteiger partial charge in [0, 0.05) is 16.3 Å². The molecule has 1 heterocycles. The van der Waals surface area contributed by atoms with Gasteiger partial charge < -0.3 is 14.8 Å². The largest absolute Gasteiger partial charge is 0.480 e. The predicted octanol–water partition coefficient (Wildman–Crippen LogP) is 2.40. The molecule has 0 radical (unpaired) electrons. The Morgan fingerprint density at radius 2 is 1.80 bits per heavy atom. The Bertz CT molecular complexity index is 819. The zero-order valence-corrected chi connectivity index (χ0v) is 10.4. The quantitative estimate of drug-likeness (QED) is 0.765. The van der Waals surface area contributed by atoms with Crippen LogP contribution in [0.1, 0.15) is 10.4 Å². The molecule has 100 valence electrons. The predicted molar refractivity (Wildman–Crippen MR) is 73.7 cm³/mol. The number of carbonyl (C=O) groups is 2. The third-order valence-electron chi connectivity index (χ3n) is 3.04. The van der Waals surface area contributed by atoms with Gasteiger partial charge in [-0.1, -0.05) is 18.2 Å². The number of rotatable bonds is 3. The van der Waals surface area contributed by atoms with Crippen LogP contribution in [0, 0.1) is 0 Å². The van der Waals surface area contributed by atoms with E-state index in [4.69, 9.17) is 9.52 Å². The van der Waals surface area contributed by atoms with Gasteiger partial charge in [-0.2, -0.15) is 0 Å². The molecule has 0 aliphatic heterocycles. The molecule has 5 heteroatoms. The average Bonchev–Trinajstić information content (AvgIpc) is 2.82. The first-order valence-electron chi connectivity index (χ1n) is 6.06. The van der Waals surface area contributed by atoms with Gasteiger partial charge >= 0.3 is 5.97 Å². The van der Waals surface area contributed by atoms with Crippen molar-refractivity contribution in [2.45, 2.75) is 0 Å². The second-order valence-corrected chi connectivity index (χ2v) is 4.39. The van der Waals surface area contributed by atoms with Gasteiger partial charge in [-0.25, -0.2) is 0 Å². The molecular formula is C15H11NO4. The average molecular weight is 269 g/mol. The van der Waals surface area contributed by atoms with E-state index < -0.39 is 18.4 Å². The molecule has 0 bridgehead atoms. The standard InChI is InChI=1S/C15H11NO4/c17-14(18)8-16-15(19)9-5-6-13-11(7-9)10-3-1-2-4-12(10)20-13/h1-7H,8H2,(H,16,19)(H,17,18). The SMILES string of the molecule is O=C(O)CNC(=O)c1ccc2oc3ccccc3c2c1. The van der Waals surface area contributed by atoms with E-state index in [2.05, 4.69) is 5.32 Å². The van der Waals surface area contributed by atoms with Gasteiger partial charge in [-0.05, 0) is 24.3 Å².